The molecule has 43 heavy (non-hydrogen) atoms. The van der Waals surface area contributed by atoms with Gasteiger partial charge in [-0.1, -0.05) is 25.1 Å². The molecular formula is C33H38N4O5S. The Morgan fingerprint density at radius 1 is 1.07 bits per heavy atom. The predicted molar refractivity (Wildman–Crippen MR) is 171 cm³/mol. The summed E-state index contributed by atoms with van der Waals surface area (Å²) in [6, 6.07) is 13.4. The number of rotatable bonds is 9. The summed E-state index contributed by atoms with van der Waals surface area (Å²) in [7, 11) is 1.30. The molecule has 1 aromatic heterocycles. The number of methoxy groups -OCH3 is 1. The van der Waals surface area contributed by atoms with Crippen molar-refractivity contribution in [2.24, 2.45) is 0 Å². The maximum absolute atomic E-state index is 14.0. The van der Waals surface area contributed by atoms with Crippen LogP contribution in [0.4, 0.5) is 5.69 Å². The highest BCUT2D eigenvalue weighted by Crippen LogP contribution is 2.33. The molecular weight excluding hydrogens is 564 g/mol. The molecule has 2 fully saturated rings. The van der Waals surface area contributed by atoms with Crippen molar-refractivity contribution in [2.75, 3.05) is 31.7 Å². The second kappa shape index (κ2) is 13.0. The molecule has 2 aromatic carbocycles. The van der Waals surface area contributed by atoms with E-state index in [0.717, 1.165) is 54.3 Å². The summed E-state index contributed by atoms with van der Waals surface area (Å²) < 4.78 is 12.5. The molecule has 0 unspecified atom stereocenters. The van der Waals surface area contributed by atoms with Crippen LogP contribution in [-0.4, -0.2) is 70.1 Å². The van der Waals surface area contributed by atoms with Crippen molar-refractivity contribution in [3.8, 4) is 5.75 Å². The molecule has 3 heterocycles. The summed E-state index contributed by atoms with van der Waals surface area (Å²) in [5.41, 5.74) is 3.65. The van der Waals surface area contributed by atoms with Gasteiger partial charge in [-0.2, -0.15) is 0 Å². The summed E-state index contributed by atoms with van der Waals surface area (Å²) in [4.78, 5) is 44.8. The molecule has 9 nitrogen and oxygen atoms in total. The van der Waals surface area contributed by atoms with Gasteiger partial charge < -0.3 is 23.8 Å². The molecule has 5 rings (SSSR count). The number of hydrogen-bond donors (Lipinski definition) is 0. The Morgan fingerprint density at radius 2 is 1.84 bits per heavy atom. The zero-order valence-corrected chi connectivity index (χ0v) is 26.0. The number of nitrogens with zero attached hydrogens (tertiary/aromatic N) is 4. The van der Waals surface area contributed by atoms with Crippen molar-refractivity contribution in [2.45, 2.75) is 59.0 Å². The zero-order valence-electron chi connectivity index (χ0n) is 25.2. The summed E-state index contributed by atoms with van der Waals surface area (Å²) in [6.45, 7) is 7.38. The number of hydrogen-bond acceptors (Lipinski definition) is 6. The Morgan fingerprint density at radius 3 is 2.51 bits per heavy atom. The van der Waals surface area contributed by atoms with Gasteiger partial charge in [-0.15, -0.1) is 0 Å². The maximum Gasteiger partial charge on any atom is 0.325 e. The van der Waals surface area contributed by atoms with Crippen molar-refractivity contribution < 1.29 is 23.9 Å². The first-order valence-electron chi connectivity index (χ1n) is 14.8. The van der Waals surface area contributed by atoms with E-state index in [1.54, 1.807) is 30.3 Å². The normalized spacial score (nSPS) is 18.2. The molecule has 0 bridgehead atoms. The van der Waals surface area contributed by atoms with Crippen LogP contribution in [0.2, 0.25) is 0 Å². The number of benzene rings is 2. The first-order valence-corrected chi connectivity index (χ1v) is 15.3. The van der Waals surface area contributed by atoms with E-state index in [9.17, 15) is 14.4 Å². The monoisotopic (exact) mass is 602 g/mol. The zero-order chi connectivity index (χ0) is 30.7. The fraction of sp³-hybridized carbons (Fsp3) is 0.394. The van der Waals surface area contributed by atoms with E-state index in [-0.39, 0.29) is 41.8 Å². The standard InChI is InChI=1S/C33H38N4O5S/c1-5-23-11-9-12-27-24(19-34(31(23)27)20-29(38)35-17-8-7-10-22(35)3)18-28-32(40)37(33(43)36(28)21-30(39)41-4)25-13-15-26(16-14-25)42-6-2/h9,11-16,18-19,22H,5-8,10,17,20-21H2,1-4H3/b28-18-/t22-/m0/s1. The van der Waals surface area contributed by atoms with Crippen molar-refractivity contribution in [1.29, 1.82) is 0 Å². The van der Waals surface area contributed by atoms with Crippen LogP contribution in [-0.2, 0) is 32.1 Å². The number of para-hydroxylation sites is 1. The minimum atomic E-state index is -0.522. The van der Waals surface area contributed by atoms with E-state index in [1.807, 2.05) is 34.7 Å². The van der Waals surface area contributed by atoms with Crippen molar-refractivity contribution in [3.05, 3.63) is 65.5 Å². The van der Waals surface area contributed by atoms with Gasteiger partial charge in [0, 0.05) is 29.7 Å². The van der Waals surface area contributed by atoms with Gasteiger partial charge in [0.25, 0.3) is 5.91 Å². The van der Waals surface area contributed by atoms with Crippen LogP contribution < -0.4 is 9.64 Å². The summed E-state index contributed by atoms with van der Waals surface area (Å²) in [6.07, 6.45) is 7.64. The molecule has 10 heteroatoms. The third-order valence-electron chi connectivity index (χ3n) is 8.17. The fourth-order valence-electron chi connectivity index (χ4n) is 5.96. The third kappa shape index (κ3) is 6.01. The maximum atomic E-state index is 14.0. The van der Waals surface area contributed by atoms with Crippen LogP contribution in [0.25, 0.3) is 17.0 Å². The number of thiocarbonyl (C=S) groups is 1. The molecule has 2 aliphatic rings. The molecule has 226 valence electrons. The van der Waals surface area contributed by atoms with Gasteiger partial charge in [-0.25, -0.2) is 0 Å². The van der Waals surface area contributed by atoms with Crippen molar-refractivity contribution in [1.82, 2.24) is 14.4 Å². The van der Waals surface area contributed by atoms with E-state index in [1.165, 1.54) is 16.9 Å². The van der Waals surface area contributed by atoms with Gasteiger partial charge in [0.15, 0.2) is 5.11 Å². The van der Waals surface area contributed by atoms with Gasteiger partial charge in [0.05, 0.1) is 24.9 Å². The molecule has 0 saturated carbocycles. The minimum Gasteiger partial charge on any atom is -0.494 e. The summed E-state index contributed by atoms with van der Waals surface area (Å²) >= 11 is 5.74. The molecule has 1 atom stereocenters. The topological polar surface area (TPSA) is 84.3 Å². The number of aromatic nitrogens is 1. The van der Waals surface area contributed by atoms with Crippen LogP contribution in [0.15, 0.2) is 54.4 Å². The lowest BCUT2D eigenvalue weighted by atomic mass is 10.0. The van der Waals surface area contributed by atoms with Crippen LogP contribution in [0.3, 0.4) is 0 Å². The summed E-state index contributed by atoms with van der Waals surface area (Å²) in [5, 5.41) is 1.10. The molecule has 3 aromatic rings. The predicted octanol–water partition coefficient (Wildman–Crippen LogP) is 5.15. The summed E-state index contributed by atoms with van der Waals surface area (Å²) in [5.74, 6) is -0.115. The number of amides is 2. The van der Waals surface area contributed by atoms with Gasteiger partial charge in [0.1, 0.15) is 24.5 Å². The number of carbonyl (C=O) groups is 3. The van der Waals surface area contributed by atoms with E-state index < -0.39 is 5.97 Å². The van der Waals surface area contributed by atoms with Gasteiger partial charge in [-0.3, -0.25) is 19.3 Å². The highest BCUT2D eigenvalue weighted by molar-refractivity contribution is 7.80. The highest BCUT2D eigenvalue weighted by Gasteiger charge is 2.40. The lowest BCUT2D eigenvalue weighted by molar-refractivity contribution is -0.140. The largest absolute Gasteiger partial charge is 0.494 e. The van der Waals surface area contributed by atoms with Gasteiger partial charge in [0.2, 0.25) is 5.91 Å². The Bertz CT molecular complexity index is 1580. The number of esters is 1. The van der Waals surface area contributed by atoms with Crippen LogP contribution >= 0.6 is 12.2 Å². The molecule has 2 amide bonds. The molecule has 0 radical (unpaired) electrons. The SMILES string of the molecule is CCOc1ccc(N2C(=O)/C(=C/c3cn(CC(=O)N4CCCC[C@@H]4C)c4c(CC)cccc34)N(CC(=O)OC)C2=S)cc1. The highest BCUT2D eigenvalue weighted by atomic mass is 32.1. The Labute approximate surface area is 257 Å². The number of piperidine rings is 1. The molecule has 0 N–H and O–H groups in total. The minimum absolute atomic E-state index is 0.0846. The van der Waals surface area contributed by atoms with E-state index in [4.69, 9.17) is 21.7 Å². The second-order valence-electron chi connectivity index (χ2n) is 10.9. The Balaban J connectivity index is 1.57. The van der Waals surface area contributed by atoms with Crippen LogP contribution in [0, 0.1) is 0 Å². The number of aryl methyl sites for hydroxylation is 1. The van der Waals surface area contributed by atoms with E-state index in [0.29, 0.717) is 18.0 Å². The molecule has 2 saturated heterocycles. The lowest BCUT2D eigenvalue weighted by Crippen LogP contribution is -2.43. The van der Waals surface area contributed by atoms with Crippen molar-refractivity contribution in [3.63, 3.8) is 0 Å². The Hall–Kier alpha value is -4.18. The lowest BCUT2D eigenvalue weighted by Gasteiger charge is -2.33. The average Bonchev–Trinajstić information content (AvgIpc) is 3.47. The number of fused-ring (bicyclic) bond motifs is 1. The first kappa shape index (κ1) is 30.3. The first-order chi connectivity index (χ1) is 20.8. The van der Waals surface area contributed by atoms with Crippen LogP contribution in [0.5, 0.6) is 5.75 Å². The molecule has 2 aliphatic heterocycles. The number of carbonyl (C=O) groups excluding carboxylic acids is 3. The number of ether oxygens (including phenoxy) is 2. The third-order valence-corrected chi connectivity index (χ3v) is 8.57. The van der Waals surface area contributed by atoms with Crippen molar-refractivity contribution >= 4 is 57.8 Å². The Kier molecular flexibility index (Phi) is 9.15. The molecule has 0 spiro atoms. The number of likely N-dealkylation sites (tertiary alicyclic amines) is 1. The fourth-order valence-corrected chi connectivity index (χ4v) is 6.31. The number of anilines is 1. The van der Waals surface area contributed by atoms with E-state index >= 15 is 0 Å². The van der Waals surface area contributed by atoms with E-state index in [2.05, 4.69) is 19.9 Å². The smallest absolute Gasteiger partial charge is 0.325 e. The van der Waals surface area contributed by atoms with Crippen LogP contribution in [0.1, 0.15) is 51.2 Å². The average molecular weight is 603 g/mol. The van der Waals surface area contributed by atoms with Gasteiger partial charge >= 0.3 is 5.97 Å². The second-order valence-corrected chi connectivity index (χ2v) is 11.2. The quantitative estimate of drug-likeness (QED) is 0.190. The molecule has 0 aliphatic carbocycles. The van der Waals surface area contributed by atoms with Gasteiger partial charge in [-0.05, 0) is 87.7 Å².